The van der Waals surface area contributed by atoms with Gasteiger partial charge in [-0.1, -0.05) is 42.5 Å². The molecule has 1 aromatic heterocycles. The summed E-state index contributed by atoms with van der Waals surface area (Å²) in [5, 5.41) is 3.42. The van der Waals surface area contributed by atoms with Crippen LogP contribution in [0.25, 0.3) is 10.9 Å². The quantitative estimate of drug-likeness (QED) is 0.565. The van der Waals surface area contributed by atoms with E-state index in [-0.39, 0.29) is 11.5 Å². The Hall–Kier alpha value is -4.13. The first kappa shape index (κ1) is 17.0. The third kappa shape index (κ3) is 3.08. The molecule has 0 spiro atoms. The number of aromatic nitrogens is 2. The molecule has 1 unspecified atom stereocenters. The number of nitrogens with one attached hydrogen (secondary N) is 1. The van der Waals surface area contributed by atoms with Gasteiger partial charge in [-0.2, -0.15) is 4.98 Å². The van der Waals surface area contributed by atoms with Gasteiger partial charge < -0.3 is 10.5 Å². The van der Waals surface area contributed by atoms with Gasteiger partial charge in [0.1, 0.15) is 11.5 Å². The van der Waals surface area contributed by atoms with Gasteiger partial charge in [-0.15, -0.1) is 0 Å². The molecule has 0 aliphatic carbocycles. The summed E-state index contributed by atoms with van der Waals surface area (Å²) in [5.41, 5.74) is 7.26. The molecular formula is C22H17N5O2. The third-order valence-corrected chi connectivity index (χ3v) is 4.71. The maximum atomic E-state index is 12.4. The number of guanidine groups is 1. The number of para-hydroxylation sites is 2. The summed E-state index contributed by atoms with van der Waals surface area (Å²) < 4.78 is 7.83. The molecule has 0 amide bonds. The number of benzene rings is 3. The van der Waals surface area contributed by atoms with Crippen molar-refractivity contribution in [2.45, 2.75) is 6.17 Å². The van der Waals surface area contributed by atoms with Crippen LogP contribution in [0.2, 0.25) is 0 Å². The lowest BCUT2D eigenvalue weighted by Gasteiger charge is -2.27. The van der Waals surface area contributed by atoms with E-state index in [0.29, 0.717) is 17.1 Å². The highest BCUT2D eigenvalue weighted by Gasteiger charge is 2.24. The van der Waals surface area contributed by atoms with E-state index in [1.54, 1.807) is 6.07 Å². The van der Waals surface area contributed by atoms with E-state index in [1.807, 2.05) is 77.4 Å². The van der Waals surface area contributed by atoms with E-state index in [9.17, 15) is 4.79 Å². The van der Waals surface area contributed by atoms with E-state index in [2.05, 4.69) is 15.3 Å². The molecule has 1 aliphatic rings. The number of nitrogens with two attached hydrogens (primary N) is 1. The number of fused-ring (bicyclic) bond motifs is 3. The molecule has 5 rings (SSSR count). The molecule has 0 fully saturated rings. The van der Waals surface area contributed by atoms with Crippen molar-refractivity contribution in [3.63, 3.8) is 0 Å². The second-order valence-corrected chi connectivity index (χ2v) is 6.63. The molecule has 7 nitrogen and oxygen atoms in total. The standard InChI is InChI=1S/C22H17N5O2/c23-21-24-19(14-7-6-10-16(13-14)29-15-8-2-1-3-9-15)27-18-12-5-4-11-17(18)20(28)25-22(27)26-21/h1-13,19H,(H3,23,24,25,26,28). The van der Waals surface area contributed by atoms with Gasteiger partial charge in [0.2, 0.25) is 5.95 Å². The summed E-state index contributed by atoms with van der Waals surface area (Å²) in [4.78, 5) is 21.1. The largest absolute Gasteiger partial charge is 0.457 e. The first-order valence-corrected chi connectivity index (χ1v) is 9.13. The first-order chi connectivity index (χ1) is 14.2. The molecular weight excluding hydrogens is 366 g/mol. The Labute approximate surface area is 166 Å². The fraction of sp³-hybridized carbons (Fsp3) is 0.0455. The highest BCUT2D eigenvalue weighted by molar-refractivity contribution is 5.93. The molecule has 2 heterocycles. The van der Waals surface area contributed by atoms with Crippen molar-refractivity contribution in [3.8, 4) is 11.5 Å². The predicted octanol–water partition coefficient (Wildman–Crippen LogP) is 3.48. The Morgan fingerprint density at radius 3 is 2.55 bits per heavy atom. The van der Waals surface area contributed by atoms with Crippen molar-refractivity contribution in [2.24, 2.45) is 10.7 Å². The van der Waals surface area contributed by atoms with Crippen molar-refractivity contribution in [2.75, 3.05) is 5.32 Å². The molecule has 142 valence electrons. The van der Waals surface area contributed by atoms with E-state index in [4.69, 9.17) is 10.5 Å². The summed E-state index contributed by atoms with van der Waals surface area (Å²) >= 11 is 0. The lowest BCUT2D eigenvalue weighted by Crippen LogP contribution is -2.34. The van der Waals surface area contributed by atoms with Crippen LogP contribution in [0.5, 0.6) is 11.5 Å². The van der Waals surface area contributed by atoms with Crippen molar-refractivity contribution < 1.29 is 4.74 Å². The van der Waals surface area contributed by atoms with Crippen molar-refractivity contribution in [1.29, 1.82) is 0 Å². The van der Waals surface area contributed by atoms with Crippen LogP contribution in [-0.2, 0) is 0 Å². The fourth-order valence-electron chi connectivity index (χ4n) is 3.45. The minimum absolute atomic E-state index is 0.201. The van der Waals surface area contributed by atoms with Gasteiger partial charge in [-0.05, 0) is 36.4 Å². The molecule has 0 saturated heterocycles. The Morgan fingerprint density at radius 1 is 0.931 bits per heavy atom. The van der Waals surface area contributed by atoms with E-state index in [1.165, 1.54) is 0 Å². The second-order valence-electron chi connectivity index (χ2n) is 6.63. The van der Waals surface area contributed by atoms with Crippen LogP contribution in [0, 0.1) is 0 Å². The highest BCUT2D eigenvalue weighted by atomic mass is 16.5. The number of hydrogen-bond acceptors (Lipinski definition) is 6. The zero-order chi connectivity index (χ0) is 19.8. The molecule has 0 saturated carbocycles. The molecule has 0 radical (unpaired) electrons. The fourth-order valence-corrected chi connectivity index (χ4v) is 3.45. The van der Waals surface area contributed by atoms with Gasteiger partial charge in [-0.25, -0.2) is 4.99 Å². The molecule has 3 N–H and O–H groups in total. The molecule has 7 heteroatoms. The average molecular weight is 383 g/mol. The number of aliphatic imine (C=N–C) groups is 1. The topological polar surface area (TPSA) is 94.5 Å². The SMILES string of the molecule is NC1=NC(c2cccc(Oc3ccccc3)c2)n2c(nc(=O)c3ccccc32)N1. The normalized spacial score (nSPS) is 15.3. The molecule has 1 atom stereocenters. The van der Waals surface area contributed by atoms with Crippen LogP contribution in [0.3, 0.4) is 0 Å². The average Bonchev–Trinajstić information content (AvgIpc) is 2.74. The number of nitrogens with zero attached hydrogens (tertiary/aromatic N) is 3. The van der Waals surface area contributed by atoms with Gasteiger partial charge in [0.15, 0.2) is 12.1 Å². The molecule has 3 aromatic carbocycles. The molecule has 29 heavy (non-hydrogen) atoms. The first-order valence-electron chi connectivity index (χ1n) is 9.13. The lowest BCUT2D eigenvalue weighted by atomic mass is 10.1. The van der Waals surface area contributed by atoms with Gasteiger partial charge >= 0.3 is 0 Å². The second kappa shape index (κ2) is 6.79. The van der Waals surface area contributed by atoms with Crippen LogP contribution in [-0.4, -0.2) is 15.5 Å². The van der Waals surface area contributed by atoms with Crippen LogP contribution in [0.1, 0.15) is 11.7 Å². The highest BCUT2D eigenvalue weighted by Crippen LogP contribution is 2.32. The monoisotopic (exact) mass is 383 g/mol. The Balaban J connectivity index is 1.64. The van der Waals surface area contributed by atoms with Crippen LogP contribution >= 0.6 is 0 Å². The number of anilines is 1. The number of hydrogen-bond donors (Lipinski definition) is 2. The third-order valence-electron chi connectivity index (χ3n) is 4.71. The summed E-state index contributed by atoms with van der Waals surface area (Å²) in [6, 6.07) is 24.5. The zero-order valence-corrected chi connectivity index (χ0v) is 15.3. The lowest BCUT2D eigenvalue weighted by molar-refractivity contribution is 0.480. The van der Waals surface area contributed by atoms with E-state index in [0.717, 1.165) is 16.8 Å². The van der Waals surface area contributed by atoms with Crippen LogP contribution in [0.15, 0.2) is 88.6 Å². The van der Waals surface area contributed by atoms with Crippen LogP contribution < -0.4 is 21.3 Å². The van der Waals surface area contributed by atoms with Gasteiger partial charge in [-0.3, -0.25) is 14.7 Å². The minimum Gasteiger partial charge on any atom is -0.457 e. The number of ether oxygens (including phenoxy) is 1. The molecule has 4 aromatic rings. The van der Waals surface area contributed by atoms with Crippen molar-refractivity contribution >= 4 is 22.8 Å². The summed E-state index contributed by atoms with van der Waals surface area (Å²) in [7, 11) is 0. The Morgan fingerprint density at radius 2 is 1.69 bits per heavy atom. The predicted molar refractivity (Wildman–Crippen MR) is 112 cm³/mol. The van der Waals surface area contributed by atoms with Gasteiger partial charge in [0.05, 0.1) is 10.9 Å². The molecule has 1 aliphatic heterocycles. The van der Waals surface area contributed by atoms with Crippen molar-refractivity contribution in [1.82, 2.24) is 9.55 Å². The summed E-state index contributed by atoms with van der Waals surface area (Å²) in [5.74, 6) is 1.99. The summed E-state index contributed by atoms with van der Waals surface area (Å²) in [6.45, 7) is 0. The maximum Gasteiger partial charge on any atom is 0.282 e. The maximum absolute atomic E-state index is 12.4. The number of rotatable bonds is 3. The Kier molecular flexibility index (Phi) is 3.98. The smallest absolute Gasteiger partial charge is 0.282 e. The Bertz CT molecular complexity index is 1300. The minimum atomic E-state index is -0.483. The zero-order valence-electron chi connectivity index (χ0n) is 15.3. The van der Waals surface area contributed by atoms with Crippen molar-refractivity contribution in [3.05, 3.63) is 94.8 Å². The van der Waals surface area contributed by atoms with E-state index < -0.39 is 6.17 Å². The van der Waals surface area contributed by atoms with Crippen LogP contribution in [0.4, 0.5) is 5.95 Å². The summed E-state index contributed by atoms with van der Waals surface area (Å²) in [6.07, 6.45) is -0.483. The van der Waals surface area contributed by atoms with Gasteiger partial charge in [0, 0.05) is 5.56 Å². The van der Waals surface area contributed by atoms with E-state index >= 15 is 0 Å². The molecule has 0 bridgehead atoms. The van der Waals surface area contributed by atoms with Gasteiger partial charge in [0.25, 0.3) is 5.56 Å².